The summed E-state index contributed by atoms with van der Waals surface area (Å²) in [5.41, 5.74) is 8.48. The summed E-state index contributed by atoms with van der Waals surface area (Å²) >= 11 is 4.98. The normalized spacial score (nSPS) is 9.64. The number of nitrogens with one attached hydrogen (secondary N) is 2. The fourth-order valence-electron chi connectivity index (χ4n) is 1.20. The van der Waals surface area contributed by atoms with E-state index in [0.717, 1.165) is 16.9 Å². The molecule has 0 aliphatic heterocycles. The highest BCUT2D eigenvalue weighted by molar-refractivity contribution is 7.80. The van der Waals surface area contributed by atoms with Crippen molar-refractivity contribution in [2.75, 3.05) is 18.1 Å². The number of hydrogen-bond acceptors (Lipinski definition) is 3. The molecule has 0 aliphatic rings. The van der Waals surface area contributed by atoms with Gasteiger partial charge in [-0.2, -0.15) is 0 Å². The van der Waals surface area contributed by atoms with E-state index in [1.807, 2.05) is 19.9 Å². The molecule has 1 aromatic heterocycles. The number of aromatic nitrogens is 1. The summed E-state index contributed by atoms with van der Waals surface area (Å²) in [4.78, 5) is 4.15. The molecular weight excluding hydrogens is 196 g/mol. The van der Waals surface area contributed by atoms with Gasteiger partial charge in [-0.25, -0.2) is 4.98 Å². The summed E-state index contributed by atoms with van der Waals surface area (Å²) in [7, 11) is 1.75. The van der Waals surface area contributed by atoms with Crippen LogP contribution in [-0.4, -0.2) is 17.1 Å². The minimum atomic E-state index is 0.472. The lowest BCUT2D eigenvalue weighted by Crippen LogP contribution is -2.25. The minimum Gasteiger partial charge on any atom is -0.382 e. The maximum absolute atomic E-state index is 5.76. The fourth-order valence-corrected chi connectivity index (χ4v) is 1.31. The van der Waals surface area contributed by atoms with Crippen molar-refractivity contribution >= 4 is 28.8 Å². The van der Waals surface area contributed by atoms with E-state index in [2.05, 4.69) is 15.6 Å². The molecule has 0 atom stereocenters. The van der Waals surface area contributed by atoms with Crippen LogP contribution >= 0.6 is 12.2 Å². The first-order valence-electron chi connectivity index (χ1n) is 4.27. The van der Waals surface area contributed by atoms with E-state index in [1.54, 1.807) is 7.05 Å². The van der Waals surface area contributed by atoms with Crippen LogP contribution in [0, 0.1) is 13.8 Å². The second-order valence-corrected chi connectivity index (χ2v) is 3.45. The molecule has 0 radical (unpaired) electrons. The third-order valence-corrected chi connectivity index (χ3v) is 2.14. The first-order valence-corrected chi connectivity index (χ1v) is 4.68. The molecule has 0 amide bonds. The summed E-state index contributed by atoms with van der Waals surface area (Å²) in [6, 6.07) is 1.96. The van der Waals surface area contributed by atoms with E-state index in [4.69, 9.17) is 18.0 Å². The summed E-state index contributed by atoms with van der Waals surface area (Å²) < 4.78 is 0. The Morgan fingerprint density at radius 2 is 2.14 bits per heavy atom. The number of aryl methyl sites for hydroxylation is 2. The van der Waals surface area contributed by atoms with Gasteiger partial charge in [-0.3, -0.25) is 0 Å². The lowest BCUT2D eigenvalue weighted by molar-refractivity contribution is 1.17. The van der Waals surface area contributed by atoms with Crippen molar-refractivity contribution in [1.82, 2.24) is 10.3 Å². The van der Waals surface area contributed by atoms with E-state index >= 15 is 0 Å². The van der Waals surface area contributed by atoms with Crippen molar-refractivity contribution in [2.24, 2.45) is 0 Å². The van der Waals surface area contributed by atoms with Crippen LogP contribution in [0.3, 0.4) is 0 Å². The molecule has 0 bridgehead atoms. The first-order chi connectivity index (χ1) is 6.54. The molecule has 1 rings (SSSR count). The molecule has 1 aromatic rings. The summed E-state index contributed by atoms with van der Waals surface area (Å²) in [5, 5.41) is 6.34. The van der Waals surface area contributed by atoms with Gasteiger partial charge in [0.2, 0.25) is 0 Å². The topological polar surface area (TPSA) is 63.0 Å². The number of rotatable bonds is 1. The Labute approximate surface area is 88.9 Å². The maximum Gasteiger partial charge on any atom is 0.170 e. The van der Waals surface area contributed by atoms with Gasteiger partial charge in [0.1, 0.15) is 5.82 Å². The van der Waals surface area contributed by atoms with Gasteiger partial charge in [0, 0.05) is 12.7 Å². The van der Waals surface area contributed by atoms with Crippen molar-refractivity contribution in [3.8, 4) is 0 Å². The summed E-state index contributed by atoms with van der Waals surface area (Å²) in [6.07, 6.45) is 0. The largest absolute Gasteiger partial charge is 0.382 e. The molecule has 5 heteroatoms. The van der Waals surface area contributed by atoms with Crippen LogP contribution in [0.5, 0.6) is 0 Å². The Morgan fingerprint density at radius 3 is 2.64 bits per heavy atom. The Hall–Kier alpha value is -1.36. The molecule has 0 spiro atoms. The van der Waals surface area contributed by atoms with Crippen LogP contribution in [0.1, 0.15) is 11.3 Å². The third kappa shape index (κ3) is 2.32. The first kappa shape index (κ1) is 10.7. The van der Waals surface area contributed by atoms with Crippen LogP contribution in [0.2, 0.25) is 0 Å². The highest BCUT2D eigenvalue weighted by Crippen LogP contribution is 2.21. The van der Waals surface area contributed by atoms with Crippen LogP contribution in [-0.2, 0) is 0 Å². The van der Waals surface area contributed by atoms with Crippen molar-refractivity contribution < 1.29 is 0 Å². The molecule has 0 aromatic carbocycles. The predicted molar refractivity (Wildman–Crippen MR) is 63.4 cm³/mol. The standard InChI is InChI=1S/C9H14N4S/c1-5-4-6(2)12-8(10)7(5)13-9(14)11-3/h4H,1-3H3,(H2,10,12)(H2,11,13,14). The smallest absolute Gasteiger partial charge is 0.170 e. The Kier molecular flexibility index (Phi) is 3.24. The van der Waals surface area contributed by atoms with Crippen LogP contribution in [0.15, 0.2) is 6.07 Å². The van der Waals surface area contributed by atoms with Crippen molar-refractivity contribution in [1.29, 1.82) is 0 Å². The number of pyridine rings is 1. The minimum absolute atomic E-state index is 0.472. The van der Waals surface area contributed by atoms with E-state index in [1.165, 1.54) is 0 Å². The molecule has 0 unspecified atom stereocenters. The van der Waals surface area contributed by atoms with Gasteiger partial charge in [-0.15, -0.1) is 0 Å². The second-order valence-electron chi connectivity index (χ2n) is 3.04. The number of nitrogen functional groups attached to an aromatic ring is 1. The predicted octanol–water partition coefficient (Wildman–Crippen LogP) is 1.20. The molecule has 1 heterocycles. The lowest BCUT2D eigenvalue weighted by Gasteiger charge is -2.12. The Morgan fingerprint density at radius 1 is 1.50 bits per heavy atom. The summed E-state index contributed by atoms with van der Waals surface area (Å²) in [6.45, 7) is 3.87. The molecule has 4 N–H and O–H groups in total. The lowest BCUT2D eigenvalue weighted by atomic mass is 10.2. The van der Waals surface area contributed by atoms with Crippen LogP contribution in [0.4, 0.5) is 11.5 Å². The SMILES string of the molecule is CNC(=S)Nc1c(C)cc(C)nc1N. The molecule has 76 valence electrons. The Balaban J connectivity index is 3.02. The zero-order valence-corrected chi connectivity index (χ0v) is 9.33. The molecule has 0 saturated carbocycles. The average molecular weight is 210 g/mol. The number of nitrogens with zero attached hydrogens (tertiary/aromatic N) is 1. The average Bonchev–Trinajstić information content (AvgIpc) is 2.10. The highest BCUT2D eigenvalue weighted by Gasteiger charge is 2.06. The number of thiocarbonyl (C=S) groups is 1. The van der Waals surface area contributed by atoms with Gasteiger partial charge in [0.15, 0.2) is 5.11 Å². The zero-order chi connectivity index (χ0) is 10.7. The van der Waals surface area contributed by atoms with Gasteiger partial charge in [0.25, 0.3) is 0 Å². The van der Waals surface area contributed by atoms with Gasteiger partial charge in [-0.05, 0) is 37.7 Å². The fraction of sp³-hybridized carbons (Fsp3) is 0.333. The maximum atomic E-state index is 5.76. The molecule has 4 nitrogen and oxygen atoms in total. The number of hydrogen-bond donors (Lipinski definition) is 3. The van der Waals surface area contributed by atoms with E-state index in [-0.39, 0.29) is 0 Å². The van der Waals surface area contributed by atoms with Gasteiger partial charge in [0.05, 0.1) is 5.69 Å². The number of nitrogens with two attached hydrogens (primary N) is 1. The van der Waals surface area contributed by atoms with Crippen molar-refractivity contribution in [3.05, 3.63) is 17.3 Å². The molecular formula is C9H14N4S. The number of anilines is 2. The van der Waals surface area contributed by atoms with Crippen molar-refractivity contribution in [3.63, 3.8) is 0 Å². The Bertz CT molecular complexity index is 339. The van der Waals surface area contributed by atoms with Gasteiger partial charge >= 0.3 is 0 Å². The van der Waals surface area contributed by atoms with Crippen molar-refractivity contribution in [2.45, 2.75) is 13.8 Å². The molecule has 0 saturated heterocycles. The van der Waals surface area contributed by atoms with Crippen LogP contribution < -0.4 is 16.4 Å². The van der Waals surface area contributed by atoms with E-state index < -0.39 is 0 Å². The molecule has 14 heavy (non-hydrogen) atoms. The third-order valence-electron chi connectivity index (χ3n) is 1.84. The monoisotopic (exact) mass is 210 g/mol. The quantitative estimate of drug-likeness (QED) is 0.608. The van der Waals surface area contributed by atoms with E-state index in [0.29, 0.717) is 10.9 Å². The summed E-state index contributed by atoms with van der Waals surface area (Å²) in [5.74, 6) is 0.472. The van der Waals surface area contributed by atoms with Gasteiger partial charge in [-0.1, -0.05) is 0 Å². The van der Waals surface area contributed by atoms with Crippen LogP contribution in [0.25, 0.3) is 0 Å². The van der Waals surface area contributed by atoms with Gasteiger partial charge < -0.3 is 16.4 Å². The second kappa shape index (κ2) is 4.23. The molecule has 0 aliphatic carbocycles. The zero-order valence-electron chi connectivity index (χ0n) is 8.51. The molecule has 0 fully saturated rings. The highest BCUT2D eigenvalue weighted by atomic mass is 32.1. The van der Waals surface area contributed by atoms with E-state index in [9.17, 15) is 0 Å².